The largest absolute Gasteiger partial charge is 0.383 e. The summed E-state index contributed by atoms with van der Waals surface area (Å²) in [7, 11) is 1.58. The minimum Gasteiger partial charge on any atom is -0.383 e. The number of ether oxygens (including phenoxy) is 1. The Bertz CT molecular complexity index is 1150. The average molecular weight is 416 g/mol. The fourth-order valence-corrected chi connectivity index (χ4v) is 3.20. The van der Waals surface area contributed by atoms with Crippen LogP contribution in [0.1, 0.15) is 5.56 Å². The third-order valence-corrected chi connectivity index (χ3v) is 4.63. The molecule has 1 aromatic heterocycles. The maximum atomic E-state index is 11.0. The van der Waals surface area contributed by atoms with Crippen LogP contribution in [0.15, 0.2) is 42.5 Å². The van der Waals surface area contributed by atoms with Gasteiger partial charge in [0, 0.05) is 29.8 Å². The number of nitriles is 1. The van der Waals surface area contributed by atoms with Gasteiger partial charge in [0.15, 0.2) is 5.82 Å². The molecule has 0 spiro atoms. The molecule has 0 aliphatic carbocycles. The highest BCUT2D eigenvalue weighted by molar-refractivity contribution is 7.71. The molecule has 8 nitrogen and oxygen atoms in total. The van der Waals surface area contributed by atoms with Crippen molar-refractivity contribution in [2.45, 2.75) is 6.54 Å². The second kappa shape index (κ2) is 8.31. The molecule has 0 radical (unpaired) electrons. The number of methoxy groups -OCH3 is 1. The molecule has 2 aromatic carbocycles. The number of nitrogens with zero attached hydrogens (tertiary/aromatic N) is 5. The average Bonchev–Trinajstić information content (AvgIpc) is 3.02. The van der Waals surface area contributed by atoms with E-state index in [1.807, 2.05) is 12.1 Å². The van der Waals surface area contributed by atoms with Gasteiger partial charge in [0.2, 0.25) is 4.77 Å². The number of halogens is 1. The van der Waals surface area contributed by atoms with Crippen molar-refractivity contribution in [1.82, 2.24) is 14.3 Å². The van der Waals surface area contributed by atoms with Crippen molar-refractivity contribution in [3.05, 3.63) is 67.9 Å². The molecule has 3 aromatic rings. The lowest BCUT2D eigenvalue weighted by Gasteiger charge is -2.06. The molecule has 0 fully saturated rings. The van der Waals surface area contributed by atoms with Gasteiger partial charge < -0.3 is 4.74 Å². The molecule has 0 aliphatic heterocycles. The Labute approximate surface area is 170 Å². The Balaban J connectivity index is 2.22. The van der Waals surface area contributed by atoms with Crippen LogP contribution in [0.2, 0.25) is 5.02 Å². The Hall–Kier alpha value is -3.06. The van der Waals surface area contributed by atoms with Crippen LogP contribution in [0.25, 0.3) is 17.1 Å². The molecular weight excluding hydrogens is 402 g/mol. The second-order valence-corrected chi connectivity index (χ2v) is 6.54. The maximum absolute atomic E-state index is 11.0. The van der Waals surface area contributed by atoms with Gasteiger partial charge in [-0.25, -0.2) is 4.68 Å². The molecule has 0 saturated heterocycles. The molecule has 0 bridgehead atoms. The van der Waals surface area contributed by atoms with Gasteiger partial charge in [-0.15, -0.1) is 5.10 Å². The fourth-order valence-electron chi connectivity index (χ4n) is 2.69. The van der Waals surface area contributed by atoms with Crippen molar-refractivity contribution < 1.29 is 9.66 Å². The van der Waals surface area contributed by atoms with Crippen LogP contribution in [0, 0.1) is 26.2 Å². The minimum atomic E-state index is -0.557. The van der Waals surface area contributed by atoms with Gasteiger partial charge in [-0.05, 0) is 30.4 Å². The van der Waals surface area contributed by atoms with E-state index in [2.05, 4.69) is 5.10 Å². The van der Waals surface area contributed by atoms with E-state index in [1.165, 1.54) is 22.9 Å². The van der Waals surface area contributed by atoms with Crippen LogP contribution in [0.3, 0.4) is 0 Å². The monoisotopic (exact) mass is 415 g/mol. The predicted octanol–water partition coefficient (Wildman–Crippen LogP) is 4.15. The number of nitro groups is 1. The van der Waals surface area contributed by atoms with Crippen molar-refractivity contribution in [1.29, 1.82) is 5.26 Å². The molecule has 1 heterocycles. The van der Waals surface area contributed by atoms with Gasteiger partial charge >= 0.3 is 0 Å². The Morgan fingerprint density at radius 2 is 2.14 bits per heavy atom. The molecule has 0 amide bonds. The first-order valence-corrected chi connectivity index (χ1v) is 8.88. The summed E-state index contributed by atoms with van der Waals surface area (Å²) in [5.74, 6) is 0.548. The number of benzene rings is 2. The van der Waals surface area contributed by atoms with Gasteiger partial charge in [-0.3, -0.25) is 14.7 Å². The van der Waals surface area contributed by atoms with E-state index in [9.17, 15) is 15.4 Å². The number of rotatable bonds is 6. The molecule has 3 rings (SSSR count). The number of hydrogen-bond donors (Lipinski definition) is 0. The van der Waals surface area contributed by atoms with Gasteiger partial charge in [0.05, 0.1) is 29.3 Å². The second-order valence-electron chi connectivity index (χ2n) is 5.74. The summed E-state index contributed by atoms with van der Waals surface area (Å²) < 4.78 is 8.68. The molecule has 10 heteroatoms. The van der Waals surface area contributed by atoms with Crippen LogP contribution in [-0.4, -0.2) is 33.0 Å². The Kier molecular flexibility index (Phi) is 5.84. The molecule has 0 atom stereocenters. The molecule has 0 aliphatic rings. The zero-order valence-electron chi connectivity index (χ0n) is 14.7. The van der Waals surface area contributed by atoms with Crippen LogP contribution in [0.4, 0.5) is 5.69 Å². The van der Waals surface area contributed by atoms with E-state index in [0.717, 1.165) is 5.56 Å². The molecular formula is C18H14ClN5O3S. The first-order chi connectivity index (χ1) is 13.5. The Morgan fingerprint density at radius 3 is 2.79 bits per heavy atom. The van der Waals surface area contributed by atoms with Gasteiger partial charge in [-0.2, -0.15) is 5.26 Å². The topological polar surface area (TPSA) is 98.9 Å². The van der Waals surface area contributed by atoms with E-state index in [-0.39, 0.29) is 11.3 Å². The summed E-state index contributed by atoms with van der Waals surface area (Å²) in [6.07, 6.45) is 0. The third-order valence-electron chi connectivity index (χ3n) is 4.00. The summed E-state index contributed by atoms with van der Waals surface area (Å²) >= 11 is 11.7. The lowest BCUT2D eigenvalue weighted by Crippen LogP contribution is -2.07. The highest BCUT2D eigenvalue weighted by Gasteiger charge is 2.18. The van der Waals surface area contributed by atoms with E-state index >= 15 is 0 Å². The highest BCUT2D eigenvalue weighted by Crippen LogP contribution is 2.26. The summed E-state index contributed by atoms with van der Waals surface area (Å²) in [6, 6.07) is 13.1. The Morgan fingerprint density at radius 1 is 1.36 bits per heavy atom. The van der Waals surface area contributed by atoms with Crippen molar-refractivity contribution in [3.8, 4) is 23.1 Å². The zero-order valence-corrected chi connectivity index (χ0v) is 16.3. The van der Waals surface area contributed by atoms with Crippen molar-refractivity contribution in [3.63, 3.8) is 0 Å². The number of non-ortho nitro benzene ring substituents is 1. The fraction of sp³-hybridized carbons (Fsp3) is 0.167. The maximum Gasteiger partial charge on any atom is 0.270 e. The van der Waals surface area contributed by atoms with Crippen molar-refractivity contribution in [2.24, 2.45) is 0 Å². The van der Waals surface area contributed by atoms with Crippen LogP contribution >= 0.6 is 23.8 Å². The summed E-state index contributed by atoms with van der Waals surface area (Å²) in [6.45, 7) is 0.838. The van der Waals surface area contributed by atoms with Crippen LogP contribution < -0.4 is 0 Å². The predicted molar refractivity (Wildman–Crippen MR) is 106 cm³/mol. The molecule has 0 unspecified atom stereocenters. The summed E-state index contributed by atoms with van der Waals surface area (Å²) in [5.41, 5.74) is 1.02. The van der Waals surface area contributed by atoms with E-state index in [4.69, 9.17) is 28.6 Å². The van der Waals surface area contributed by atoms with E-state index in [0.29, 0.717) is 34.5 Å². The van der Waals surface area contributed by atoms with Gasteiger partial charge in [0.1, 0.15) is 6.07 Å². The summed E-state index contributed by atoms with van der Waals surface area (Å²) in [4.78, 5) is 10.4. The zero-order chi connectivity index (χ0) is 20.3. The SMILES string of the molecule is COCCn1c(-c2cccc(Cl)c2)nn(-c2ccc([N+](=O)[O-])cc2C#N)c1=S. The normalized spacial score (nSPS) is 10.6. The first kappa shape index (κ1) is 19.7. The minimum absolute atomic E-state index is 0.0966. The highest BCUT2D eigenvalue weighted by atomic mass is 35.5. The lowest BCUT2D eigenvalue weighted by molar-refractivity contribution is -0.384. The van der Waals surface area contributed by atoms with E-state index < -0.39 is 4.92 Å². The third kappa shape index (κ3) is 3.80. The number of aromatic nitrogens is 3. The quantitative estimate of drug-likeness (QED) is 0.340. The smallest absolute Gasteiger partial charge is 0.270 e. The van der Waals surface area contributed by atoms with Crippen molar-refractivity contribution in [2.75, 3.05) is 13.7 Å². The van der Waals surface area contributed by atoms with Crippen LogP contribution in [-0.2, 0) is 11.3 Å². The standard InChI is InChI=1S/C18H14ClN5O3S/c1-27-8-7-22-17(12-3-2-4-14(19)9-12)21-23(18(22)28)16-6-5-15(24(25)26)10-13(16)11-20/h2-6,9-10H,7-8H2,1H3. The number of nitro benzene ring substituents is 1. The van der Waals surface area contributed by atoms with Gasteiger partial charge in [-0.1, -0.05) is 23.7 Å². The molecule has 28 heavy (non-hydrogen) atoms. The first-order valence-electron chi connectivity index (χ1n) is 8.10. The molecule has 0 N–H and O–H groups in total. The molecule has 142 valence electrons. The van der Waals surface area contributed by atoms with E-state index in [1.54, 1.807) is 29.9 Å². The number of hydrogen-bond acceptors (Lipinski definition) is 6. The van der Waals surface area contributed by atoms with Crippen LogP contribution in [0.5, 0.6) is 0 Å². The van der Waals surface area contributed by atoms with Gasteiger partial charge in [0.25, 0.3) is 5.69 Å². The lowest BCUT2D eigenvalue weighted by atomic mass is 10.2. The molecule has 0 saturated carbocycles. The summed E-state index contributed by atoms with van der Waals surface area (Å²) in [5, 5.41) is 25.6. The van der Waals surface area contributed by atoms with Crippen molar-refractivity contribution >= 4 is 29.5 Å².